The number of nitrogens with zero attached hydrogens (tertiary/aromatic N) is 2. The second-order valence-electron chi connectivity index (χ2n) is 6.91. The van der Waals surface area contributed by atoms with Crippen LogP contribution in [0.2, 0.25) is 5.02 Å². The molecule has 1 amide bonds. The SMILES string of the molecule is COc1ccc(N2C(=O)/C(=C\c3ccco3)N=C2SCCOc2ccc(C)cc2)cc1Cl. The molecule has 2 aromatic carbocycles. The Morgan fingerprint density at radius 3 is 2.69 bits per heavy atom. The molecule has 1 aliphatic heterocycles. The van der Waals surface area contributed by atoms with Crippen LogP contribution >= 0.6 is 23.4 Å². The van der Waals surface area contributed by atoms with Gasteiger partial charge in [-0.05, 0) is 49.4 Å². The van der Waals surface area contributed by atoms with Crippen LogP contribution in [0.5, 0.6) is 11.5 Å². The summed E-state index contributed by atoms with van der Waals surface area (Å²) in [6.45, 7) is 2.50. The van der Waals surface area contributed by atoms with Crippen molar-refractivity contribution in [2.24, 2.45) is 4.99 Å². The Labute approximate surface area is 195 Å². The molecule has 164 valence electrons. The van der Waals surface area contributed by atoms with Crippen LogP contribution in [0.4, 0.5) is 5.69 Å². The summed E-state index contributed by atoms with van der Waals surface area (Å²) in [6, 6.07) is 16.6. The Morgan fingerprint density at radius 2 is 2.00 bits per heavy atom. The molecule has 0 unspecified atom stereocenters. The summed E-state index contributed by atoms with van der Waals surface area (Å²) in [7, 11) is 1.54. The van der Waals surface area contributed by atoms with E-state index in [-0.39, 0.29) is 11.6 Å². The summed E-state index contributed by atoms with van der Waals surface area (Å²) in [5.41, 5.74) is 2.07. The van der Waals surface area contributed by atoms with Gasteiger partial charge in [-0.25, -0.2) is 4.99 Å². The first-order valence-electron chi connectivity index (χ1n) is 9.89. The van der Waals surface area contributed by atoms with E-state index in [0.29, 0.717) is 39.7 Å². The molecule has 0 bridgehead atoms. The van der Waals surface area contributed by atoms with Gasteiger partial charge in [-0.15, -0.1) is 0 Å². The van der Waals surface area contributed by atoms with E-state index in [9.17, 15) is 4.79 Å². The standard InChI is InChI=1S/C24H21ClN2O4S/c1-16-5-8-18(9-6-16)31-12-13-32-24-26-21(15-19-4-3-11-30-19)23(28)27(24)17-7-10-22(29-2)20(25)14-17/h3-11,14-15H,12-13H2,1-2H3/b21-15+. The molecule has 0 N–H and O–H groups in total. The molecule has 4 rings (SSSR count). The third-order valence-electron chi connectivity index (χ3n) is 4.65. The van der Waals surface area contributed by atoms with Crippen molar-refractivity contribution in [3.8, 4) is 11.5 Å². The van der Waals surface area contributed by atoms with Crippen molar-refractivity contribution in [1.29, 1.82) is 0 Å². The van der Waals surface area contributed by atoms with E-state index in [4.69, 9.17) is 25.5 Å². The van der Waals surface area contributed by atoms with Crippen molar-refractivity contribution in [3.05, 3.63) is 82.9 Å². The van der Waals surface area contributed by atoms with Crippen molar-refractivity contribution in [2.75, 3.05) is 24.4 Å². The highest BCUT2D eigenvalue weighted by Gasteiger charge is 2.32. The summed E-state index contributed by atoms with van der Waals surface area (Å²) < 4.78 is 16.4. The number of rotatable bonds is 7. The van der Waals surface area contributed by atoms with Gasteiger partial charge >= 0.3 is 0 Å². The smallest absolute Gasteiger partial charge is 0.283 e. The number of amidine groups is 1. The lowest BCUT2D eigenvalue weighted by molar-refractivity contribution is -0.113. The zero-order chi connectivity index (χ0) is 22.5. The molecule has 3 aromatic rings. The Morgan fingerprint density at radius 1 is 1.19 bits per heavy atom. The van der Waals surface area contributed by atoms with E-state index in [2.05, 4.69) is 4.99 Å². The van der Waals surface area contributed by atoms with Gasteiger partial charge in [0.05, 0.1) is 30.7 Å². The fraction of sp³-hybridized carbons (Fsp3) is 0.167. The van der Waals surface area contributed by atoms with Crippen LogP contribution in [0.1, 0.15) is 11.3 Å². The zero-order valence-corrected chi connectivity index (χ0v) is 19.2. The molecule has 6 nitrogen and oxygen atoms in total. The van der Waals surface area contributed by atoms with E-state index in [1.807, 2.05) is 31.2 Å². The number of aryl methyl sites for hydroxylation is 1. The maximum absolute atomic E-state index is 13.2. The van der Waals surface area contributed by atoms with E-state index >= 15 is 0 Å². The molecule has 32 heavy (non-hydrogen) atoms. The van der Waals surface area contributed by atoms with Gasteiger partial charge in [-0.2, -0.15) is 0 Å². The Balaban J connectivity index is 1.53. The highest BCUT2D eigenvalue weighted by atomic mass is 35.5. The number of furan rings is 1. The Kier molecular flexibility index (Phi) is 6.87. The summed E-state index contributed by atoms with van der Waals surface area (Å²) in [5, 5.41) is 0.954. The van der Waals surface area contributed by atoms with Crippen molar-refractivity contribution in [3.63, 3.8) is 0 Å². The number of thioether (sulfide) groups is 1. The largest absolute Gasteiger partial charge is 0.495 e. The molecule has 0 atom stereocenters. The average molecular weight is 469 g/mol. The van der Waals surface area contributed by atoms with Crippen LogP contribution < -0.4 is 14.4 Å². The summed E-state index contributed by atoms with van der Waals surface area (Å²) in [4.78, 5) is 19.3. The first-order chi connectivity index (χ1) is 15.5. The van der Waals surface area contributed by atoms with Gasteiger partial charge in [-0.1, -0.05) is 41.1 Å². The maximum atomic E-state index is 13.2. The molecule has 0 saturated carbocycles. The van der Waals surface area contributed by atoms with Crippen LogP contribution in [-0.4, -0.2) is 30.5 Å². The maximum Gasteiger partial charge on any atom is 0.283 e. The van der Waals surface area contributed by atoms with Gasteiger partial charge < -0.3 is 13.9 Å². The lowest BCUT2D eigenvalue weighted by atomic mass is 10.2. The molecule has 1 aliphatic rings. The van der Waals surface area contributed by atoms with Crippen molar-refractivity contribution < 1.29 is 18.7 Å². The summed E-state index contributed by atoms with van der Waals surface area (Å²) >= 11 is 7.73. The number of hydrogen-bond acceptors (Lipinski definition) is 6. The molecular weight excluding hydrogens is 448 g/mol. The molecule has 0 saturated heterocycles. The minimum absolute atomic E-state index is 0.260. The zero-order valence-electron chi connectivity index (χ0n) is 17.6. The van der Waals surface area contributed by atoms with Gasteiger partial charge in [0.2, 0.25) is 0 Å². The number of amides is 1. The van der Waals surface area contributed by atoms with E-state index in [1.165, 1.54) is 22.2 Å². The van der Waals surface area contributed by atoms with Gasteiger partial charge in [0.1, 0.15) is 23.0 Å². The van der Waals surface area contributed by atoms with Gasteiger partial charge in [0.25, 0.3) is 5.91 Å². The number of aliphatic imine (C=N–C) groups is 1. The van der Waals surface area contributed by atoms with Crippen LogP contribution in [0.15, 0.2) is 76.0 Å². The highest BCUT2D eigenvalue weighted by Crippen LogP contribution is 2.34. The number of ether oxygens (including phenoxy) is 2. The van der Waals surface area contributed by atoms with Crippen LogP contribution in [0.3, 0.4) is 0 Å². The number of carbonyl (C=O) groups excluding carboxylic acids is 1. The quantitative estimate of drug-likeness (QED) is 0.323. The van der Waals surface area contributed by atoms with Crippen molar-refractivity contribution in [2.45, 2.75) is 6.92 Å². The van der Waals surface area contributed by atoms with Gasteiger partial charge in [-0.3, -0.25) is 9.69 Å². The first kappa shape index (κ1) is 22.0. The predicted octanol–water partition coefficient (Wildman–Crippen LogP) is 5.81. The summed E-state index contributed by atoms with van der Waals surface area (Å²) in [5.74, 6) is 2.24. The van der Waals surface area contributed by atoms with Crippen LogP contribution in [0.25, 0.3) is 6.08 Å². The Hall–Kier alpha value is -3.16. The first-order valence-corrected chi connectivity index (χ1v) is 11.3. The molecule has 8 heteroatoms. The molecular formula is C24H21ClN2O4S. The predicted molar refractivity (Wildman–Crippen MR) is 129 cm³/mol. The number of carbonyl (C=O) groups is 1. The van der Waals surface area contributed by atoms with Gasteiger partial charge in [0.15, 0.2) is 5.17 Å². The number of methoxy groups -OCH3 is 1. The van der Waals surface area contributed by atoms with E-state index in [1.54, 1.807) is 49.8 Å². The fourth-order valence-electron chi connectivity index (χ4n) is 3.05. The number of halogens is 1. The topological polar surface area (TPSA) is 64.3 Å². The van der Waals surface area contributed by atoms with Crippen LogP contribution in [0, 0.1) is 6.92 Å². The van der Waals surface area contributed by atoms with Gasteiger partial charge in [0, 0.05) is 11.8 Å². The second-order valence-corrected chi connectivity index (χ2v) is 8.38. The van der Waals surface area contributed by atoms with Crippen molar-refractivity contribution >= 4 is 46.2 Å². The normalized spacial score (nSPS) is 14.7. The third-order valence-corrected chi connectivity index (χ3v) is 5.85. The lowest BCUT2D eigenvalue weighted by Crippen LogP contribution is -2.30. The highest BCUT2D eigenvalue weighted by molar-refractivity contribution is 8.14. The third kappa shape index (κ3) is 5.00. The summed E-state index contributed by atoms with van der Waals surface area (Å²) in [6.07, 6.45) is 3.17. The Bertz CT molecular complexity index is 1160. The second kappa shape index (κ2) is 9.97. The molecule has 1 aromatic heterocycles. The van der Waals surface area contributed by atoms with Crippen molar-refractivity contribution in [1.82, 2.24) is 0 Å². The molecule has 0 spiro atoms. The molecule has 0 radical (unpaired) electrons. The monoisotopic (exact) mass is 468 g/mol. The molecule has 0 fully saturated rings. The lowest BCUT2D eigenvalue weighted by Gasteiger charge is -2.18. The average Bonchev–Trinajstić information content (AvgIpc) is 3.41. The molecule has 2 heterocycles. The number of hydrogen-bond donors (Lipinski definition) is 0. The fourth-order valence-corrected chi connectivity index (χ4v) is 4.13. The minimum Gasteiger partial charge on any atom is -0.495 e. The van der Waals surface area contributed by atoms with E-state index in [0.717, 1.165) is 5.75 Å². The number of benzene rings is 2. The molecule has 0 aliphatic carbocycles. The van der Waals surface area contributed by atoms with Crippen LogP contribution in [-0.2, 0) is 4.79 Å². The minimum atomic E-state index is -0.260. The number of anilines is 1. The van der Waals surface area contributed by atoms with E-state index < -0.39 is 0 Å².